The third-order valence-corrected chi connectivity index (χ3v) is 3.29. The smallest absolute Gasteiger partial charge is 0.0454 e. The lowest BCUT2D eigenvalue weighted by Gasteiger charge is -2.19. The summed E-state index contributed by atoms with van der Waals surface area (Å²) < 4.78 is 0. The van der Waals surface area contributed by atoms with E-state index in [1.807, 2.05) is 25.2 Å². The molecule has 0 amide bonds. The lowest BCUT2D eigenvalue weighted by molar-refractivity contribution is 0.465. The molecule has 0 heterocycles. The zero-order chi connectivity index (χ0) is 12.1. The highest BCUT2D eigenvalue weighted by Crippen LogP contribution is 2.29. The predicted octanol–water partition coefficient (Wildman–Crippen LogP) is 4.69. The first-order valence-electron chi connectivity index (χ1n) is 5.66. The largest absolute Gasteiger partial charge is 0.313 e. The van der Waals surface area contributed by atoms with E-state index in [0.717, 1.165) is 22.0 Å². The van der Waals surface area contributed by atoms with Crippen LogP contribution in [0.1, 0.15) is 38.3 Å². The van der Waals surface area contributed by atoms with Crippen LogP contribution in [0.25, 0.3) is 0 Å². The first kappa shape index (κ1) is 13.8. The van der Waals surface area contributed by atoms with E-state index >= 15 is 0 Å². The molecule has 0 fully saturated rings. The Hall–Kier alpha value is -0.240. The van der Waals surface area contributed by atoms with Gasteiger partial charge in [0.25, 0.3) is 0 Å². The van der Waals surface area contributed by atoms with Gasteiger partial charge < -0.3 is 5.32 Å². The predicted molar refractivity (Wildman–Crippen MR) is 72.3 cm³/mol. The first-order chi connectivity index (χ1) is 7.54. The molecular formula is C13H19Cl2N. The average Bonchev–Trinajstić information content (AvgIpc) is 2.23. The van der Waals surface area contributed by atoms with Gasteiger partial charge in [0, 0.05) is 16.1 Å². The summed E-state index contributed by atoms with van der Waals surface area (Å²) in [4.78, 5) is 0. The van der Waals surface area contributed by atoms with Gasteiger partial charge in [0.2, 0.25) is 0 Å². The van der Waals surface area contributed by atoms with Gasteiger partial charge >= 0.3 is 0 Å². The fourth-order valence-corrected chi connectivity index (χ4v) is 2.17. The number of rotatable bonds is 5. The second kappa shape index (κ2) is 6.48. The van der Waals surface area contributed by atoms with Crippen LogP contribution in [0.4, 0.5) is 0 Å². The molecule has 0 bridgehead atoms. The number of benzene rings is 1. The highest BCUT2D eigenvalue weighted by molar-refractivity contribution is 6.33. The maximum absolute atomic E-state index is 6.19. The fraction of sp³-hybridized carbons (Fsp3) is 0.538. The maximum Gasteiger partial charge on any atom is 0.0454 e. The van der Waals surface area contributed by atoms with Gasteiger partial charge in [-0.2, -0.15) is 0 Å². The molecule has 0 aromatic heterocycles. The molecule has 0 radical (unpaired) electrons. The lowest BCUT2D eigenvalue weighted by atomic mass is 9.98. The van der Waals surface area contributed by atoms with Crippen LogP contribution in [0.3, 0.4) is 0 Å². The minimum atomic E-state index is 0.286. The molecule has 0 saturated carbocycles. The monoisotopic (exact) mass is 259 g/mol. The molecule has 1 atom stereocenters. The van der Waals surface area contributed by atoms with Gasteiger partial charge in [0.1, 0.15) is 0 Å². The van der Waals surface area contributed by atoms with Crippen LogP contribution >= 0.6 is 23.2 Å². The molecule has 0 aliphatic carbocycles. The van der Waals surface area contributed by atoms with Crippen LogP contribution in [0.2, 0.25) is 10.0 Å². The number of nitrogens with one attached hydrogen (secondary N) is 1. The molecule has 1 aromatic carbocycles. The van der Waals surface area contributed by atoms with Gasteiger partial charge in [-0.3, -0.25) is 0 Å². The highest BCUT2D eigenvalue weighted by atomic mass is 35.5. The molecule has 0 saturated heterocycles. The second-order valence-corrected chi connectivity index (χ2v) is 5.32. The highest BCUT2D eigenvalue weighted by Gasteiger charge is 2.13. The molecule has 1 unspecified atom stereocenters. The van der Waals surface area contributed by atoms with Crippen molar-refractivity contribution in [2.24, 2.45) is 5.92 Å². The molecule has 90 valence electrons. The molecule has 16 heavy (non-hydrogen) atoms. The van der Waals surface area contributed by atoms with Gasteiger partial charge in [-0.1, -0.05) is 37.0 Å². The number of hydrogen-bond acceptors (Lipinski definition) is 1. The minimum Gasteiger partial charge on any atom is -0.313 e. The van der Waals surface area contributed by atoms with E-state index in [1.54, 1.807) is 0 Å². The van der Waals surface area contributed by atoms with Gasteiger partial charge in [0.05, 0.1) is 0 Å². The molecular weight excluding hydrogens is 241 g/mol. The Morgan fingerprint density at radius 2 is 1.88 bits per heavy atom. The molecule has 1 nitrogen and oxygen atoms in total. The van der Waals surface area contributed by atoms with Crippen molar-refractivity contribution in [1.82, 2.24) is 5.32 Å². The van der Waals surface area contributed by atoms with Crippen molar-refractivity contribution in [2.45, 2.75) is 32.7 Å². The Kier molecular flexibility index (Phi) is 5.60. The second-order valence-electron chi connectivity index (χ2n) is 4.48. The van der Waals surface area contributed by atoms with E-state index < -0.39 is 0 Å². The maximum atomic E-state index is 6.19. The number of hydrogen-bond donors (Lipinski definition) is 1. The minimum absolute atomic E-state index is 0.286. The van der Waals surface area contributed by atoms with Crippen molar-refractivity contribution in [1.29, 1.82) is 0 Å². The molecule has 1 rings (SSSR count). The topological polar surface area (TPSA) is 12.0 Å². The Morgan fingerprint density at radius 3 is 2.44 bits per heavy atom. The van der Waals surface area contributed by atoms with E-state index in [2.05, 4.69) is 19.2 Å². The standard InChI is InChI=1S/C13H19Cl2N/c1-9(2)4-7-13(16-3)11-8-10(14)5-6-12(11)15/h5-6,8-9,13,16H,4,7H2,1-3H3. The molecule has 0 aliphatic rings. The molecule has 1 N–H and O–H groups in total. The SMILES string of the molecule is CNC(CCC(C)C)c1cc(Cl)ccc1Cl. The summed E-state index contributed by atoms with van der Waals surface area (Å²) >= 11 is 12.2. The quantitative estimate of drug-likeness (QED) is 0.809. The zero-order valence-corrected chi connectivity index (χ0v) is 11.6. The van der Waals surface area contributed by atoms with Crippen LogP contribution in [0.15, 0.2) is 18.2 Å². The third-order valence-electron chi connectivity index (χ3n) is 2.71. The van der Waals surface area contributed by atoms with Gasteiger partial charge in [0.15, 0.2) is 0 Å². The zero-order valence-electron chi connectivity index (χ0n) is 10.1. The van der Waals surface area contributed by atoms with Crippen LogP contribution in [-0.4, -0.2) is 7.05 Å². The average molecular weight is 260 g/mol. The van der Waals surface area contributed by atoms with Crippen molar-refractivity contribution >= 4 is 23.2 Å². The van der Waals surface area contributed by atoms with E-state index in [1.165, 1.54) is 6.42 Å². The van der Waals surface area contributed by atoms with E-state index in [4.69, 9.17) is 23.2 Å². The normalized spacial score (nSPS) is 13.1. The Labute approximate surface area is 108 Å². The van der Waals surface area contributed by atoms with Crippen molar-refractivity contribution < 1.29 is 0 Å². The van der Waals surface area contributed by atoms with Crippen LogP contribution in [-0.2, 0) is 0 Å². The van der Waals surface area contributed by atoms with Gasteiger partial charge in [-0.25, -0.2) is 0 Å². The Bertz CT molecular complexity index is 337. The van der Waals surface area contributed by atoms with E-state index in [-0.39, 0.29) is 6.04 Å². The molecule has 3 heteroatoms. The summed E-state index contributed by atoms with van der Waals surface area (Å²) in [6.45, 7) is 4.46. The molecule has 0 spiro atoms. The van der Waals surface area contributed by atoms with E-state index in [9.17, 15) is 0 Å². The van der Waals surface area contributed by atoms with Crippen molar-refractivity contribution in [2.75, 3.05) is 7.05 Å². The Balaban J connectivity index is 2.81. The summed E-state index contributed by atoms with van der Waals surface area (Å²) in [6.07, 6.45) is 2.25. The van der Waals surface area contributed by atoms with Crippen LogP contribution in [0.5, 0.6) is 0 Å². The molecule has 1 aromatic rings. The van der Waals surface area contributed by atoms with Crippen molar-refractivity contribution in [3.05, 3.63) is 33.8 Å². The molecule has 0 aliphatic heterocycles. The summed E-state index contributed by atoms with van der Waals surface area (Å²) in [5.74, 6) is 0.703. The van der Waals surface area contributed by atoms with Gasteiger partial charge in [-0.15, -0.1) is 0 Å². The van der Waals surface area contributed by atoms with Gasteiger partial charge in [-0.05, 0) is 49.6 Å². The lowest BCUT2D eigenvalue weighted by Crippen LogP contribution is -2.17. The number of halogens is 2. The van der Waals surface area contributed by atoms with Crippen molar-refractivity contribution in [3.8, 4) is 0 Å². The summed E-state index contributed by atoms with van der Waals surface area (Å²) in [6, 6.07) is 5.92. The summed E-state index contributed by atoms with van der Waals surface area (Å²) in [5.41, 5.74) is 1.09. The third kappa shape index (κ3) is 3.97. The Morgan fingerprint density at radius 1 is 1.19 bits per heavy atom. The first-order valence-corrected chi connectivity index (χ1v) is 6.42. The van der Waals surface area contributed by atoms with E-state index in [0.29, 0.717) is 5.92 Å². The van der Waals surface area contributed by atoms with Crippen LogP contribution in [0, 0.1) is 5.92 Å². The fourth-order valence-electron chi connectivity index (χ4n) is 1.74. The summed E-state index contributed by atoms with van der Waals surface area (Å²) in [5, 5.41) is 4.82. The van der Waals surface area contributed by atoms with Crippen molar-refractivity contribution in [3.63, 3.8) is 0 Å². The summed E-state index contributed by atoms with van der Waals surface area (Å²) in [7, 11) is 1.96. The van der Waals surface area contributed by atoms with Crippen LogP contribution < -0.4 is 5.32 Å².